The molecule has 1 atom stereocenters. The normalized spacial score (nSPS) is 17.8. The number of methoxy groups -OCH3 is 1. The standard InChI is InChI=1S/C23H24N2O4/c1-29-13-5-12-25-22(27)18-11-10-16(14-19(18)23(25)28)21(26)24-20-9-4-7-15-6-2-3-8-17(15)20/h2-3,6,8,10-11,14,20H,4-5,7,9,12-13H2,1H3,(H,24,26)/t20-/m1/s1. The number of aryl methyl sites for hydroxylation is 1. The van der Waals surface area contributed by atoms with E-state index in [1.807, 2.05) is 12.1 Å². The molecule has 1 aliphatic heterocycles. The fourth-order valence-corrected chi connectivity index (χ4v) is 4.15. The fourth-order valence-electron chi connectivity index (χ4n) is 4.15. The van der Waals surface area contributed by atoms with E-state index in [2.05, 4.69) is 17.4 Å². The van der Waals surface area contributed by atoms with E-state index in [0.29, 0.717) is 36.3 Å². The summed E-state index contributed by atoms with van der Waals surface area (Å²) in [5, 5.41) is 3.10. The first-order chi connectivity index (χ1) is 14.1. The summed E-state index contributed by atoms with van der Waals surface area (Å²) in [6.45, 7) is 0.782. The van der Waals surface area contributed by atoms with Crippen LogP contribution in [0.4, 0.5) is 0 Å². The van der Waals surface area contributed by atoms with Crippen LogP contribution >= 0.6 is 0 Å². The lowest BCUT2D eigenvalue weighted by Crippen LogP contribution is -2.31. The number of carbonyl (C=O) groups is 3. The molecule has 3 amide bonds. The number of rotatable bonds is 6. The summed E-state index contributed by atoms with van der Waals surface area (Å²) in [5.41, 5.74) is 3.47. The molecule has 1 heterocycles. The van der Waals surface area contributed by atoms with Crippen LogP contribution in [-0.4, -0.2) is 42.9 Å². The van der Waals surface area contributed by atoms with Gasteiger partial charge in [-0.2, -0.15) is 0 Å². The molecular formula is C23H24N2O4. The maximum Gasteiger partial charge on any atom is 0.261 e. The van der Waals surface area contributed by atoms with E-state index in [0.717, 1.165) is 24.8 Å². The van der Waals surface area contributed by atoms with Crippen LogP contribution in [0.15, 0.2) is 42.5 Å². The molecule has 150 valence electrons. The van der Waals surface area contributed by atoms with E-state index in [1.165, 1.54) is 16.5 Å². The van der Waals surface area contributed by atoms with Crippen LogP contribution in [-0.2, 0) is 11.2 Å². The van der Waals surface area contributed by atoms with Gasteiger partial charge in [-0.25, -0.2) is 0 Å². The van der Waals surface area contributed by atoms with Crippen molar-refractivity contribution in [3.63, 3.8) is 0 Å². The highest BCUT2D eigenvalue weighted by atomic mass is 16.5. The molecule has 2 aliphatic rings. The second kappa shape index (κ2) is 8.17. The van der Waals surface area contributed by atoms with Crippen LogP contribution in [0, 0.1) is 0 Å². The van der Waals surface area contributed by atoms with Gasteiger partial charge in [0.1, 0.15) is 0 Å². The van der Waals surface area contributed by atoms with Gasteiger partial charge in [-0.1, -0.05) is 24.3 Å². The molecule has 0 bridgehead atoms. The lowest BCUT2D eigenvalue weighted by atomic mass is 9.87. The molecule has 4 rings (SSSR count). The molecule has 0 saturated carbocycles. The monoisotopic (exact) mass is 392 g/mol. The number of carbonyl (C=O) groups excluding carboxylic acids is 3. The first kappa shape index (κ1) is 19.3. The van der Waals surface area contributed by atoms with Gasteiger partial charge in [-0.3, -0.25) is 19.3 Å². The van der Waals surface area contributed by atoms with E-state index >= 15 is 0 Å². The molecule has 2 aromatic rings. The Morgan fingerprint density at radius 2 is 1.93 bits per heavy atom. The first-order valence-electron chi connectivity index (χ1n) is 9.98. The quantitative estimate of drug-likeness (QED) is 0.605. The summed E-state index contributed by atoms with van der Waals surface area (Å²) >= 11 is 0. The molecule has 0 aromatic heterocycles. The Hall–Kier alpha value is -2.99. The largest absolute Gasteiger partial charge is 0.385 e. The van der Waals surface area contributed by atoms with E-state index in [1.54, 1.807) is 19.2 Å². The van der Waals surface area contributed by atoms with E-state index < -0.39 is 0 Å². The summed E-state index contributed by atoms with van der Waals surface area (Å²) < 4.78 is 4.99. The second-order valence-electron chi connectivity index (χ2n) is 7.49. The summed E-state index contributed by atoms with van der Waals surface area (Å²) in [5.74, 6) is -0.888. The van der Waals surface area contributed by atoms with E-state index in [-0.39, 0.29) is 23.8 Å². The zero-order valence-corrected chi connectivity index (χ0v) is 16.4. The molecule has 0 fully saturated rings. The number of nitrogens with one attached hydrogen (secondary N) is 1. The van der Waals surface area contributed by atoms with Gasteiger partial charge in [0.15, 0.2) is 0 Å². The maximum atomic E-state index is 12.9. The predicted octanol–water partition coefficient (Wildman–Crippen LogP) is 3.13. The van der Waals surface area contributed by atoms with Crippen molar-refractivity contribution in [2.24, 2.45) is 0 Å². The average molecular weight is 392 g/mol. The van der Waals surface area contributed by atoms with Crippen LogP contribution in [0.5, 0.6) is 0 Å². The minimum atomic E-state index is -0.348. The van der Waals surface area contributed by atoms with Crippen molar-refractivity contribution < 1.29 is 19.1 Å². The number of nitrogens with zero attached hydrogens (tertiary/aromatic N) is 1. The number of benzene rings is 2. The van der Waals surface area contributed by atoms with Crippen LogP contribution in [0.25, 0.3) is 0 Å². The molecule has 2 aromatic carbocycles. The molecule has 1 N–H and O–H groups in total. The van der Waals surface area contributed by atoms with E-state index in [9.17, 15) is 14.4 Å². The Balaban J connectivity index is 1.51. The summed E-state index contributed by atoms with van der Waals surface area (Å²) in [7, 11) is 1.58. The van der Waals surface area contributed by atoms with Gasteiger partial charge in [0.2, 0.25) is 0 Å². The fraction of sp³-hybridized carbons (Fsp3) is 0.348. The second-order valence-corrected chi connectivity index (χ2v) is 7.49. The van der Waals surface area contributed by atoms with Gasteiger partial charge in [0.05, 0.1) is 17.2 Å². The number of imide groups is 1. The Bertz CT molecular complexity index is 969. The van der Waals surface area contributed by atoms with Crippen molar-refractivity contribution in [1.82, 2.24) is 10.2 Å². The Morgan fingerprint density at radius 3 is 2.76 bits per heavy atom. The van der Waals surface area contributed by atoms with E-state index in [4.69, 9.17) is 4.74 Å². The molecule has 0 saturated heterocycles. The zero-order valence-electron chi connectivity index (χ0n) is 16.4. The SMILES string of the molecule is COCCCN1C(=O)c2ccc(C(=O)N[C@@H]3CCCc4ccccc43)cc2C1=O. The minimum Gasteiger partial charge on any atom is -0.385 e. The number of hydrogen-bond donors (Lipinski definition) is 1. The Kier molecular flexibility index (Phi) is 5.45. The highest BCUT2D eigenvalue weighted by Gasteiger charge is 2.35. The molecule has 1 aliphatic carbocycles. The van der Waals surface area contributed by atoms with Gasteiger partial charge >= 0.3 is 0 Å². The van der Waals surface area contributed by atoms with Crippen molar-refractivity contribution in [1.29, 1.82) is 0 Å². The molecule has 6 heteroatoms. The van der Waals surface area contributed by atoms with Gasteiger partial charge in [0.25, 0.3) is 17.7 Å². The van der Waals surface area contributed by atoms with Crippen molar-refractivity contribution >= 4 is 17.7 Å². The number of amides is 3. The molecule has 29 heavy (non-hydrogen) atoms. The highest BCUT2D eigenvalue weighted by Crippen LogP contribution is 2.30. The van der Waals surface area contributed by atoms with Crippen LogP contribution in [0.1, 0.15) is 67.5 Å². The van der Waals surface area contributed by atoms with Gasteiger partial charge in [-0.05, 0) is 55.0 Å². The topological polar surface area (TPSA) is 75.7 Å². The van der Waals surface area contributed by atoms with Gasteiger partial charge in [0, 0.05) is 25.8 Å². The minimum absolute atomic E-state index is 0.0384. The number of fused-ring (bicyclic) bond motifs is 2. The van der Waals surface area contributed by atoms with Gasteiger partial charge in [-0.15, -0.1) is 0 Å². The molecule has 6 nitrogen and oxygen atoms in total. The van der Waals surface area contributed by atoms with Crippen molar-refractivity contribution in [3.8, 4) is 0 Å². The number of hydrogen-bond acceptors (Lipinski definition) is 4. The third-order valence-corrected chi connectivity index (χ3v) is 5.64. The molecule has 0 unspecified atom stereocenters. The van der Waals surface area contributed by atoms with Crippen molar-refractivity contribution in [2.45, 2.75) is 31.7 Å². The zero-order chi connectivity index (χ0) is 20.4. The first-order valence-corrected chi connectivity index (χ1v) is 9.98. The lowest BCUT2D eigenvalue weighted by Gasteiger charge is -2.26. The maximum absolute atomic E-state index is 12.9. The average Bonchev–Trinajstić information content (AvgIpc) is 2.98. The predicted molar refractivity (Wildman–Crippen MR) is 108 cm³/mol. The Morgan fingerprint density at radius 1 is 1.14 bits per heavy atom. The van der Waals surface area contributed by atoms with Crippen molar-refractivity contribution in [3.05, 3.63) is 70.3 Å². The lowest BCUT2D eigenvalue weighted by molar-refractivity contribution is 0.0638. The van der Waals surface area contributed by atoms with Crippen LogP contribution in [0.2, 0.25) is 0 Å². The molecule has 0 spiro atoms. The smallest absolute Gasteiger partial charge is 0.261 e. The summed E-state index contributed by atoms with van der Waals surface area (Å²) in [6.07, 6.45) is 3.52. The van der Waals surface area contributed by atoms with Crippen molar-refractivity contribution in [2.75, 3.05) is 20.3 Å². The molecular weight excluding hydrogens is 368 g/mol. The number of ether oxygens (including phenoxy) is 1. The van der Waals surface area contributed by atoms with Crippen LogP contribution in [0.3, 0.4) is 0 Å². The highest BCUT2D eigenvalue weighted by molar-refractivity contribution is 6.22. The molecule has 0 radical (unpaired) electrons. The summed E-state index contributed by atoms with van der Waals surface area (Å²) in [6, 6.07) is 12.9. The third-order valence-electron chi connectivity index (χ3n) is 5.64. The third kappa shape index (κ3) is 3.68. The Labute approximate surface area is 169 Å². The van der Waals surface area contributed by atoms with Crippen LogP contribution < -0.4 is 5.32 Å². The van der Waals surface area contributed by atoms with Gasteiger partial charge < -0.3 is 10.1 Å². The summed E-state index contributed by atoms with van der Waals surface area (Å²) in [4.78, 5) is 39.3.